The highest BCUT2D eigenvalue weighted by atomic mass is 79.9. The monoisotopic (exact) mass is 316 g/mol. The number of aliphatic hydroxyl groups excluding tert-OH is 1. The maximum atomic E-state index is 13.9. The summed E-state index contributed by atoms with van der Waals surface area (Å²) in [5.74, 6) is -0.332. The number of hydrogen-bond donors (Lipinski definition) is 1. The van der Waals surface area contributed by atoms with Crippen LogP contribution < -0.4 is 0 Å². The standard InChI is InChI=1S/C14H15BrF2O/c15-9-5-6-10(16)12(13(9)17)14(18)11-7-3-1-2-4-8(7)11/h5-8,11,14,18H,1-4H2. The second-order valence-corrected chi connectivity index (χ2v) is 6.25. The topological polar surface area (TPSA) is 20.2 Å². The average molecular weight is 317 g/mol. The van der Waals surface area contributed by atoms with Gasteiger partial charge in [-0.25, -0.2) is 8.78 Å². The molecule has 18 heavy (non-hydrogen) atoms. The highest BCUT2D eigenvalue weighted by Crippen LogP contribution is 2.60. The fourth-order valence-corrected chi connectivity index (χ4v) is 3.87. The van der Waals surface area contributed by atoms with Crippen LogP contribution in [0, 0.1) is 29.4 Å². The Hall–Kier alpha value is -0.480. The van der Waals surface area contributed by atoms with Gasteiger partial charge in [-0.1, -0.05) is 12.8 Å². The normalized spacial score (nSPS) is 31.9. The zero-order valence-corrected chi connectivity index (χ0v) is 11.5. The second kappa shape index (κ2) is 4.57. The molecule has 3 rings (SSSR count). The molecule has 2 aliphatic rings. The van der Waals surface area contributed by atoms with E-state index in [1.165, 1.54) is 25.0 Å². The van der Waals surface area contributed by atoms with Gasteiger partial charge in [0.05, 0.1) is 16.1 Å². The number of rotatable bonds is 2. The number of fused-ring (bicyclic) bond motifs is 1. The van der Waals surface area contributed by atoms with Gasteiger partial charge in [-0.05, 0) is 58.7 Å². The zero-order valence-electron chi connectivity index (χ0n) is 9.87. The van der Waals surface area contributed by atoms with E-state index in [9.17, 15) is 13.9 Å². The quantitative estimate of drug-likeness (QED) is 0.811. The smallest absolute Gasteiger partial charge is 0.146 e. The van der Waals surface area contributed by atoms with Gasteiger partial charge in [0.1, 0.15) is 11.6 Å². The summed E-state index contributed by atoms with van der Waals surface area (Å²) < 4.78 is 27.9. The lowest BCUT2D eigenvalue weighted by Crippen LogP contribution is -2.08. The van der Waals surface area contributed by atoms with E-state index in [2.05, 4.69) is 15.9 Å². The van der Waals surface area contributed by atoms with Crippen LogP contribution in [0.25, 0.3) is 0 Å². The first-order chi connectivity index (χ1) is 8.61. The van der Waals surface area contributed by atoms with Crippen molar-refractivity contribution >= 4 is 15.9 Å². The van der Waals surface area contributed by atoms with Crippen molar-refractivity contribution in [1.29, 1.82) is 0 Å². The van der Waals surface area contributed by atoms with Crippen LogP contribution in [0.2, 0.25) is 0 Å². The minimum Gasteiger partial charge on any atom is -0.388 e. The van der Waals surface area contributed by atoms with Crippen LogP contribution in [-0.4, -0.2) is 5.11 Å². The van der Waals surface area contributed by atoms with Crippen molar-refractivity contribution in [2.45, 2.75) is 31.8 Å². The summed E-state index contributed by atoms with van der Waals surface area (Å²) >= 11 is 3.04. The van der Waals surface area contributed by atoms with Gasteiger partial charge in [0.2, 0.25) is 0 Å². The number of benzene rings is 1. The molecule has 2 fully saturated rings. The van der Waals surface area contributed by atoms with E-state index >= 15 is 0 Å². The van der Waals surface area contributed by atoms with Gasteiger partial charge in [-0.3, -0.25) is 0 Å². The molecule has 1 nitrogen and oxygen atoms in total. The second-order valence-electron chi connectivity index (χ2n) is 5.39. The Morgan fingerprint density at radius 3 is 2.39 bits per heavy atom. The third-order valence-electron chi connectivity index (χ3n) is 4.46. The molecule has 98 valence electrons. The van der Waals surface area contributed by atoms with Crippen molar-refractivity contribution in [2.75, 3.05) is 0 Å². The highest BCUT2D eigenvalue weighted by molar-refractivity contribution is 9.10. The van der Waals surface area contributed by atoms with Crippen molar-refractivity contribution in [3.05, 3.63) is 33.8 Å². The van der Waals surface area contributed by atoms with E-state index in [4.69, 9.17) is 0 Å². The van der Waals surface area contributed by atoms with Gasteiger partial charge in [0.15, 0.2) is 0 Å². The SMILES string of the molecule is OC(c1c(F)ccc(Br)c1F)C1C2CCCCC21. The summed E-state index contributed by atoms with van der Waals surface area (Å²) in [6.45, 7) is 0. The van der Waals surface area contributed by atoms with Gasteiger partial charge >= 0.3 is 0 Å². The lowest BCUT2D eigenvalue weighted by atomic mass is 10.0. The van der Waals surface area contributed by atoms with Gasteiger partial charge in [0, 0.05) is 0 Å². The number of hydrogen-bond acceptors (Lipinski definition) is 1. The summed E-state index contributed by atoms with van der Waals surface area (Å²) in [5.41, 5.74) is -0.163. The number of aliphatic hydroxyl groups is 1. The molecule has 0 amide bonds. The summed E-state index contributed by atoms with van der Waals surface area (Å²) in [6.07, 6.45) is 3.52. The summed E-state index contributed by atoms with van der Waals surface area (Å²) in [5, 5.41) is 10.3. The maximum absolute atomic E-state index is 13.9. The molecular weight excluding hydrogens is 302 g/mol. The van der Waals surface area contributed by atoms with Gasteiger partial charge in [-0.2, -0.15) is 0 Å². The predicted molar refractivity (Wildman–Crippen MR) is 68.0 cm³/mol. The van der Waals surface area contributed by atoms with E-state index in [1.807, 2.05) is 0 Å². The molecule has 0 aliphatic heterocycles. The Morgan fingerprint density at radius 2 is 1.78 bits per heavy atom. The molecule has 1 N–H and O–H groups in total. The van der Waals surface area contributed by atoms with Crippen LogP contribution in [0.4, 0.5) is 8.78 Å². The lowest BCUT2D eigenvalue weighted by molar-refractivity contribution is 0.133. The Kier molecular flexibility index (Phi) is 3.18. The van der Waals surface area contributed by atoms with Gasteiger partial charge in [0.25, 0.3) is 0 Å². The molecule has 3 unspecified atom stereocenters. The van der Waals surface area contributed by atoms with Gasteiger partial charge in [-0.15, -0.1) is 0 Å². The molecule has 0 spiro atoms. The first kappa shape index (κ1) is 12.5. The van der Waals surface area contributed by atoms with Crippen LogP contribution >= 0.6 is 15.9 Å². The number of halogens is 3. The third kappa shape index (κ3) is 1.90. The van der Waals surface area contributed by atoms with E-state index in [0.29, 0.717) is 11.8 Å². The molecule has 0 saturated heterocycles. The van der Waals surface area contributed by atoms with Crippen molar-refractivity contribution in [3.63, 3.8) is 0 Å². The lowest BCUT2D eigenvalue weighted by Gasteiger charge is -2.14. The Labute approximate surface area is 113 Å². The molecule has 0 heterocycles. The van der Waals surface area contributed by atoms with Crippen molar-refractivity contribution in [3.8, 4) is 0 Å². The average Bonchev–Trinajstić information content (AvgIpc) is 3.08. The molecule has 0 radical (unpaired) electrons. The fraction of sp³-hybridized carbons (Fsp3) is 0.571. The van der Waals surface area contributed by atoms with Crippen molar-refractivity contribution < 1.29 is 13.9 Å². The maximum Gasteiger partial charge on any atom is 0.146 e. The van der Waals surface area contributed by atoms with Gasteiger partial charge < -0.3 is 5.11 Å². The van der Waals surface area contributed by atoms with Crippen molar-refractivity contribution in [2.24, 2.45) is 17.8 Å². The minimum atomic E-state index is -1.00. The van der Waals surface area contributed by atoms with Crippen LogP contribution in [0.5, 0.6) is 0 Å². The zero-order chi connectivity index (χ0) is 12.9. The highest BCUT2D eigenvalue weighted by Gasteiger charge is 2.55. The molecule has 0 bridgehead atoms. The van der Waals surface area contributed by atoms with E-state index < -0.39 is 17.7 Å². The molecule has 1 aromatic carbocycles. The predicted octanol–water partition coefficient (Wildman–Crippen LogP) is 4.20. The van der Waals surface area contributed by atoms with E-state index in [1.54, 1.807) is 0 Å². The molecular formula is C14H15BrF2O. The molecule has 0 aromatic heterocycles. The van der Waals surface area contributed by atoms with Crippen LogP contribution in [0.3, 0.4) is 0 Å². The third-order valence-corrected chi connectivity index (χ3v) is 5.07. The molecule has 3 atom stereocenters. The Morgan fingerprint density at radius 1 is 1.17 bits per heavy atom. The van der Waals surface area contributed by atoms with Crippen LogP contribution in [-0.2, 0) is 0 Å². The Balaban J connectivity index is 1.89. The molecule has 4 heteroatoms. The largest absolute Gasteiger partial charge is 0.388 e. The molecule has 2 aliphatic carbocycles. The van der Waals surface area contributed by atoms with Crippen molar-refractivity contribution in [1.82, 2.24) is 0 Å². The molecule has 2 saturated carbocycles. The summed E-state index contributed by atoms with van der Waals surface area (Å²) in [4.78, 5) is 0. The first-order valence-corrected chi connectivity index (χ1v) is 7.22. The minimum absolute atomic E-state index is 0.0470. The van der Waals surface area contributed by atoms with E-state index in [0.717, 1.165) is 12.8 Å². The fourth-order valence-electron chi connectivity index (χ4n) is 3.52. The van der Waals surface area contributed by atoms with Crippen LogP contribution in [0.1, 0.15) is 37.4 Å². The van der Waals surface area contributed by atoms with Crippen LogP contribution in [0.15, 0.2) is 16.6 Å². The summed E-state index contributed by atoms with van der Waals surface area (Å²) in [7, 11) is 0. The summed E-state index contributed by atoms with van der Waals surface area (Å²) in [6, 6.07) is 2.54. The molecule has 1 aromatic rings. The van der Waals surface area contributed by atoms with E-state index in [-0.39, 0.29) is 16.0 Å². The first-order valence-electron chi connectivity index (χ1n) is 6.42. The Bertz CT molecular complexity index is 465.